The van der Waals surface area contributed by atoms with Crippen molar-refractivity contribution in [2.75, 3.05) is 32.6 Å². The van der Waals surface area contributed by atoms with Crippen LogP contribution in [0, 0.1) is 6.92 Å². The van der Waals surface area contributed by atoms with Crippen LogP contribution in [0.5, 0.6) is 17.4 Å². The Bertz CT molecular complexity index is 760. The summed E-state index contributed by atoms with van der Waals surface area (Å²) in [6.07, 6.45) is -0.0366. The number of anilines is 1. The highest BCUT2D eigenvalue weighted by Gasteiger charge is 2.32. The van der Waals surface area contributed by atoms with Crippen LogP contribution in [-0.2, 0) is 0 Å². The molecule has 1 saturated heterocycles. The Morgan fingerprint density at radius 1 is 1.16 bits per heavy atom. The molecule has 2 heterocycles. The summed E-state index contributed by atoms with van der Waals surface area (Å²) in [7, 11) is 3.12. The Kier molecular flexibility index (Phi) is 4.92. The van der Waals surface area contributed by atoms with Gasteiger partial charge in [-0.2, -0.15) is 0 Å². The van der Waals surface area contributed by atoms with Crippen molar-refractivity contribution in [1.29, 1.82) is 0 Å². The molecule has 1 N–H and O–H groups in total. The number of benzene rings is 1. The first-order chi connectivity index (χ1) is 12.1. The van der Waals surface area contributed by atoms with E-state index in [-0.39, 0.29) is 12.1 Å². The summed E-state index contributed by atoms with van der Waals surface area (Å²) in [5, 5.41) is 2.84. The van der Waals surface area contributed by atoms with E-state index in [0.717, 1.165) is 5.69 Å². The quantitative estimate of drug-likeness (QED) is 0.904. The highest BCUT2D eigenvalue weighted by Crippen LogP contribution is 2.30. The molecule has 1 aromatic carbocycles. The van der Waals surface area contributed by atoms with Gasteiger partial charge in [0.05, 0.1) is 27.3 Å². The summed E-state index contributed by atoms with van der Waals surface area (Å²) < 4.78 is 16.2. The van der Waals surface area contributed by atoms with E-state index in [1.165, 1.54) is 0 Å². The molecule has 1 fully saturated rings. The Hall–Kier alpha value is -2.96. The third-order valence-electron chi connectivity index (χ3n) is 3.92. The molecule has 1 aromatic heterocycles. The third kappa shape index (κ3) is 3.93. The Morgan fingerprint density at radius 2 is 1.92 bits per heavy atom. The normalized spacial score (nSPS) is 13.8. The minimum atomic E-state index is -0.177. The fourth-order valence-electron chi connectivity index (χ4n) is 2.55. The lowest BCUT2D eigenvalue weighted by atomic mass is 10.2. The van der Waals surface area contributed by atoms with Crippen molar-refractivity contribution in [2.45, 2.75) is 13.0 Å². The topological polar surface area (TPSA) is 72.9 Å². The van der Waals surface area contributed by atoms with Gasteiger partial charge in [-0.05, 0) is 25.1 Å². The maximum Gasteiger partial charge on any atom is 0.322 e. The summed E-state index contributed by atoms with van der Waals surface area (Å²) in [6, 6.07) is 10.7. The second kappa shape index (κ2) is 7.29. The van der Waals surface area contributed by atoms with E-state index >= 15 is 0 Å². The van der Waals surface area contributed by atoms with Gasteiger partial charge in [-0.25, -0.2) is 9.78 Å². The molecule has 2 amide bonds. The van der Waals surface area contributed by atoms with Crippen molar-refractivity contribution >= 4 is 11.7 Å². The van der Waals surface area contributed by atoms with Crippen LogP contribution in [0.15, 0.2) is 36.4 Å². The van der Waals surface area contributed by atoms with E-state index in [2.05, 4.69) is 10.3 Å². The van der Waals surface area contributed by atoms with Gasteiger partial charge in [0.15, 0.2) is 11.5 Å². The average molecular weight is 343 g/mol. The number of urea groups is 1. The number of carbonyl (C=O) groups is 1. The number of methoxy groups -OCH3 is 2. The number of nitrogens with one attached hydrogen (secondary N) is 1. The summed E-state index contributed by atoms with van der Waals surface area (Å²) >= 11 is 0. The highest BCUT2D eigenvalue weighted by molar-refractivity contribution is 5.90. The molecule has 2 aromatic rings. The molecule has 0 spiro atoms. The fourth-order valence-corrected chi connectivity index (χ4v) is 2.55. The molecule has 0 radical (unpaired) electrons. The number of amides is 2. The first kappa shape index (κ1) is 16.9. The maximum absolute atomic E-state index is 12.3. The number of aromatic nitrogens is 1. The fraction of sp³-hybridized carbons (Fsp3) is 0.333. The van der Waals surface area contributed by atoms with Gasteiger partial charge in [0.2, 0.25) is 5.88 Å². The molecule has 7 nitrogen and oxygen atoms in total. The molecular formula is C18H21N3O4. The molecule has 132 valence electrons. The second-order valence-electron chi connectivity index (χ2n) is 5.76. The van der Waals surface area contributed by atoms with Crippen LogP contribution in [0.4, 0.5) is 10.5 Å². The lowest BCUT2D eigenvalue weighted by Gasteiger charge is -2.38. The van der Waals surface area contributed by atoms with Crippen molar-refractivity contribution in [1.82, 2.24) is 9.88 Å². The number of nitrogens with zero attached hydrogens (tertiary/aromatic N) is 2. The van der Waals surface area contributed by atoms with Crippen molar-refractivity contribution in [3.63, 3.8) is 0 Å². The number of aryl methyl sites for hydroxylation is 1. The van der Waals surface area contributed by atoms with E-state index < -0.39 is 0 Å². The Morgan fingerprint density at radius 3 is 2.60 bits per heavy atom. The number of likely N-dealkylation sites (tertiary alicyclic amines) is 1. The van der Waals surface area contributed by atoms with Crippen LogP contribution in [0.25, 0.3) is 0 Å². The summed E-state index contributed by atoms with van der Waals surface area (Å²) in [4.78, 5) is 18.3. The number of ether oxygens (including phenoxy) is 3. The molecule has 0 bridgehead atoms. The number of rotatable bonds is 5. The summed E-state index contributed by atoms with van der Waals surface area (Å²) in [5.74, 6) is 1.77. The largest absolute Gasteiger partial charge is 0.493 e. The number of carbonyl (C=O) groups excluding carboxylic acids is 1. The summed E-state index contributed by atoms with van der Waals surface area (Å²) in [5.41, 5.74) is 1.55. The van der Waals surface area contributed by atoms with Gasteiger partial charge >= 0.3 is 6.03 Å². The van der Waals surface area contributed by atoms with Crippen LogP contribution < -0.4 is 19.5 Å². The van der Waals surface area contributed by atoms with Crippen LogP contribution in [0.3, 0.4) is 0 Å². The van der Waals surface area contributed by atoms with E-state index in [4.69, 9.17) is 14.2 Å². The second-order valence-corrected chi connectivity index (χ2v) is 5.76. The van der Waals surface area contributed by atoms with Crippen molar-refractivity contribution in [2.24, 2.45) is 0 Å². The number of hydrogen-bond acceptors (Lipinski definition) is 5. The van der Waals surface area contributed by atoms with E-state index in [9.17, 15) is 4.79 Å². The van der Waals surface area contributed by atoms with Crippen molar-refractivity contribution in [3.05, 3.63) is 42.1 Å². The zero-order valence-corrected chi connectivity index (χ0v) is 14.5. The van der Waals surface area contributed by atoms with E-state index in [1.807, 2.05) is 25.1 Å². The highest BCUT2D eigenvalue weighted by atomic mass is 16.5. The van der Waals surface area contributed by atoms with Crippen LogP contribution >= 0.6 is 0 Å². The molecular weight excluding hydrogens is 322 g/mol. The van der Waals surface area contributed by atoms with Crippen LogP contribution in [-0.4, -0.2) is 49.3 Å². The van der Waals surface area contributed by atoms with E-state index in [1.54, 1.807) is 37.3 Å². The lowest BCUT2D eigenvalue weighted by molar-refractivity contribution is 0.0460. The van der Waals surface area contributed by atoms with Gasteiger partial charge in [0, 0.05) is 23.5 Å². The molecule has 0 unspecified atom stereocenters. The first-order valence-electron chi connectivity index (χ1n) is 7.97. The Labute approximate surface area is 146 Å². The van der Waals surface area contributed by atoms with Gasteiger partial charge in [-0.1, -0.05) is 6.07 Å². The minimum absolute atomic E-state index is 0.0366. The molecule has 25 heavy (non-hydrogen) atoms. The smallest absolute Gasteiger partial charge is 0.322 e. The van der Waals surface area contributed by atoms with Crippen LogP contribution in [0.2, 0.25) is 0 Å². The van der Waals surface area contributed by atoms with Crippen LogP contribution in [0.1, 0.15) is 5.69 Å². The molecule has 1 aliphatic rings. The molecule has 3 rings (SSSR count). The first-order valence-corrected chi connectivity index (χ1v) is 7.97. The number of hydrogen-bond donors (Lipinski definition) is 1. The zero-order valence-electron chi connectivity index (χ0n) is 14.5. The standard InChI is InChI=1S/C18H21N3O4/c1-12-5-4-6-17(19-12)25-14-10-21(11-14)18(22)20-13-7-8-15(23-2)16(9-13)24-3/h4-9,14H,10-11H2,1-3H3,(H,20,22). The predicted molar refractivity (Wildman–Crippen MR) is 93.5 cm³/mol. The van der Waals surface area contributed by atoms with Gasteiger partial charge in [-0.3, -0.25) is 0 Å². The van der Waals surface area contributed by atoms with Gasteiger partial charge in [0.25, 0.3) is 0 Å². The van der Waals surface area contributed by atoms with Crippen molar-refractivity contribution < 1.29 is 19.0 Å². The molecule has 0 atom stereocenters. The predicted octanol–water partition coefficient (Wildman–Crippen LogP) is 2.70. The van der Waals surface area contributed by atoms with E-state index in [0.29, 0.717) is 36.2 Å². The van der Waals surface area contributed by atoms with Gasteiger partial charge in [-0.15, -0.1) is 0 Å². The molecule has 0 aliphatic carbocycles. The number of pyridine rings is 1. The summed E-state index contributed by atoms with van der Waals surface area (Å²) in [6.45, 7) is 2.96. The molecule has 7 heteroatoms. The average Bonchev–Trinajstić information content (AvgIpc) is 2.57. The molecule has 1 aliphatic heterocycles. The zero-order chi connectivity index (χ0) is 17.8. The third-order valence-corrected chi connectivity index (χ3v) is 3.92. The monoisotopic (exact) mass is 343 g/mol. The van der Waals surface area contributed by atoms with Gasteiger partial charge in [0.1, 0.15) is 6.10 Å². The Balaban J connectivity index is 1.52. The minimum Gasteiger partial charge on any atom is -0.493 e. The molecule has 0 saturated carbocycles. The SMILES string of the molecule is COc1ccc(NC(=O)N2CC(Oc3cccc(C)n3)C2)cc1OC. The van der Waals surface area contributed by atoms with Gasteiger partial charge < -0.3 is 24.4 Å². The van der Waals surface area contributed by atoms with Crippen molar-refractivity contribution in [3.8, 4) is 17.4 Å². The maximum atomic E-state index is 12.3. The lowest BCUT2D eigenvalue weighted by Crippen LogP contribution is -2.57.